The summed E-state index contributed by atoms with van der Waals surface area (Å²) in [7, 11) is 0. The van der Waals surface area contributed by atoms with Gasteiger partial charge in [-0.15, -0.1) is 0 Å². The molecule has 1 heteroatoms. The van der Waals surface area contributed by atoms with Crippen molar-refractivity contribution in [3.63, 3.8) is 0 Å². The van der Waals surface area contributed by atoms with Crippen LogP contribution in [0.2, 0.25) is 0 Å². The maximum absolute atomic E-state index is 5.15. The van der Waals surface area contributed by atoms with Gasteiger partial charge in [0.15, 0.2) is 0 Å². The fourth-order valence-corrected chi connectivity index (χ4v) is 1.33. The highest BCUT2D eigenvalue weighted by molar-refractivity contribution is 5.63. The molecule has 0 aliphatic carbocycles. The van der Waals surface area contributed by atoms with Gasteiger partial charge in [0.2, 0.25) is 0 Å². The van der Waals surface area contributed by atoms with E-state index in [1.807, 2.05) is 6.07 Å². The largest absolute Gasteiger partial charge is 0.373 e. The first-order chi connectivity index (χ1) is 6.36. The zero-order valence-electron chi connectivity index (χ0n) is 7.86. The second-order valence-electron chi connectivity index (χ2n) is 3.44. The van der Waals surface area contributed by atoms with Gasteiger partial charge >= 0.3 is 0 Å². The van der Waals surface area contributed by atoms with Crippen LogP contribution in [0.5, 0.6) is 0 Å². The smallest absolute Gasteiger partial charge is 0.0844 e. The zero-order valence-corrected chi connectivity index (χ0v) is 7.86. The quantitative estimate of drug-likeness (QED) is 0.642. The van der Waals surface area contributed by atoms with Crippen molar-refractivity contribution in [2.75, 3.05) is 6.61 Å². The Morgan fingerprint density at radius 2 is 2.15 bits per heavy atom. The third-order valence-corrected chi connectivity index (χ3v) is 2.32. The molecule has 0 radical (unpaired) electrons. The zero-order chi connectivity index (χ0) is 9.10. The molecule has 68 valence electrons. The molecule has 1 heterocycles. The Bertz CT molecular complexity index is 296. The van der Waals surface area contributed by atoms with E-state index in [1.165, 1.54) is 11.1 Å². The molecule has 0 bridgehead atoms. The van der Waals surface area contributed by atoms with E-state index in [0.29, 0.717) is 6.10 Å². The minimum Gasteiger partial charge on any atom is -0.373 e. The molecule has 1 aromatic carbocycles. The van der Waals surface area contributed by atoms with Gasteiger partial charge in [-0.05, 0) is 24.5 Å². The first-order valence-electron chi connectivity index (χ1n) is 4.70. The van der Waals surface area contributed by atoms with Gasteiger partial charge in [0.25, 0.3) is 0 Å². The number of rotatable bonds is 3. The standard InChI is InChI=1S/C12H14O/c1-10(7-8-12-9-13-12)11-5-3-2-4-6-11/h2-7,12H,8-9H2,1H3. The van der Waals surface area contributed by atoms with E-state index >= 15 is 0 Å². The summed E-state index contributed by atoms with van der Waals surface area (Å²) in [6.45, 7) is 3.09. The summed E-state index contributed by atoms with van der Waals surface area (Å²) in [5.41, 5.74) is 2.65. The van der Waals surface area contributed by atoms with E-state index in [4.69, 9.17) is 4.74 Å². The Labute approximate surface area is 79.0 Å². The predicted octanol–water partition coefficient (Wildman–Crippen LogP) is 2.88. The second-order valence-corrected chi connectivity index (χ2v) is 3.44. The summed E-state index contributed by atoms with van der Waals surface area (Å²) in [6, 6.07) is 10.5. The summed E-state index contributed by atoms with van der Waals surface area (Å²) in [5, 5.41) is 0. The van der Waals surface area contributed by atoms with E-state index < -0.39 is 0 Å². The Morgan fingerprint density at radius 3 is 2.77 bits per heavy atom. The van der Waals surface area contributed by atoms with E-state index in [9.17, 15) is 0 Å². The normalized spacial score (nSPS) is 21.6. The summed E-state index contributed by atoms with van der Waals surface area (Å²) >= 11 is 0. The summed E-state index contributed by atoms with van der Waals surface area (Å²) < 4.78 is 5.15. The third-order valence-electron chi connectivity index (χ3n) is 2.32. The first-order valence-corrected chi connectivity index (χ1v) is 4.70. The highest BCUT2D eigenvalue weighted by Crippen LogP contribution is 2.19. The molecule has 1 atom stereocenters. The molecule has 1 aliphatic heterocycles. The van der Waals surface area contributed by atoms with Crippen LogP contribution in [0, 0.1) is 0 Å². The molecular weight excluding hydrogens is 160 g/mol. The summed E-state index contributed by atoms with van der Waals surface area (Å²) in [5.74, 6) is 0. The van der Waals surface area contributed by atoms with Crippen molar-refractivity contribution in [2.24, 2.45) is 0 Å². The van der Waals surface area contributed by atoms with Crippen molar-refractivity contribution >= 4 is 5.57 Å². The Morgan fingerprint density at radius 1 is 1.46 bits per heavy atom. The predicted molar refractivity (Wildman–Crippen MR) is 54.5 cm³/mol. The maximum atomic E-state index is 5.15. The van der Waals surface area contributed by atoms with Crippen molar-refractivity contribution in [3.05, 3.63) is 42.0 Å². The highest BCUT2D eigenvalue weighted by Gasteiger charge is 2.20. The van der Waals surface area contributed by atoms with Gasteiger partial charge in [-0.1, -0.05) is 36.4 Å². The van der Waals surface area contributed by atoms with Crippen LogP contribution in [-0.2, 0) is 4.74 Å². The Balaban J connectivity index is 2.02. The van der Waals surface area contributed by atoms with Crippen molar-refractivity contribution in [1.29, 1.82) is 0 Å². The molecule has 1 aromatic rings. The minimum absolute atomic E-state index is 0.499. The molecule has 0 spiro atoms. The number of hydrogen-bond donors (Lipinski definition) is 0. The van der Waals surface area contributed by atoms with E-state index in [0.717, 1.165) is 13.0 Å². The second kappa shape index (κ2) is 3.75. The van der Waals surface area contributed by atoms with Crippen molar-refractivity contribution in [2.45, 2.75) is 19.4 Å². The van der Waals surface area contributed by atoms with Gasteiger partial charge < -0.3 is 4.74 Å². The lowest BCUT2D eigenvalue weighted by molar-refractivity contribution is 0.410. The molecule has 0 amide bonds. The number of epoxide rings is 1. The van der Waals surface area contributed by atoms with Crippen molar-refractivity contribution < 1.29 is 4.74 Å². The monoisotopic (exact) mass is 174 g/mol. The van der Waals surface area contributed by atoms with Gasteiger partial charge in [0.1, 0.15) is 0 Å². The highest BCUT2D eigenvalue weighted by atomic mass is 16.6. The maximum Gasteiger partial charge on any atom is 0.0844 e. The van der Waals surface area contributed by atoms with Crippen LogP contribution < -0.4 is 0 Å². The van der Waals surface area contributed by atoms with Gasteiger partial charge in [0, 0.05) is 0 Å². The molecule has 1 fully saturated rings. The summed E-state index contributed by atoms with van der Waals surface area (Å²) in [6.07, 6.45) is 3.81. The van der Waals surface area contributed by atoms with E-state index in [1.54, 1.807) is 0 Å². The SMILES string of the molecule is CC(=CCC1CO1)c1ccccc1. The van der Waals surface area contributed by atoms with Crippen LogP contribution in [0.4, 0.5) is 0 Å². The lowest BCUT2D eigenvalue weighted by atomic mass is 10.1. The number of benzene rings is 1. The Hall–Kier alpha value is -1.08. The first kappa shape index (κ1) is 8.52. The fraction of sp³-hybridized carbons (Fsp3) is 0.333. The van der Waals surface area contributed by atoms with Crippen molar-refractivity contribution in [1.82, 2.24) is 0 Å². The molecule has 1 nitrogen and oxygen atoms in total. The molecule has 1 saturated heterocycles. The Kier molecular flexibility index (Phi) is 2.46. The average molecular weight is 174 g/mol. The van der Waals surface area contributed by atoms with Crippen LogP contribution in [0.25, 0.3) is 5.57 Å². The van der Waals surface area contributed by atoms with Crippen molar-refractivity contribution in [3.8, 4) is 0 Å². The molecule has 0 saturated carbocycles. The van der Waals surface area contributed by atoms with Crippen LogP contribution in [0.3, 0.4) is 0 Å². The van der Waals surface area contributed by atoms with Crippen LogP contribution in [0.15, 0.2) is 36.4 Å². The molecule has 0 aromatic heterocycles. The van der Waals surface area contributed by atoms with E-state index in [-0.39, 0.29) is 0 Å². The van der Waals surface area contributed by atoms with Crippen LogP contribution in [0.1, 0.15) is 18.9 Å². The number of ether oxygens (including phenoxy) is 1. The van der Waals surface area contributed by atoms with Crippen LogP contribution >= 0.6 is 0 Å². The number of hydrogen-bond acceptors (Lipinski definition) is 1. The topological polar surface area (TPSA) is 12.5 Å². The molecule has 1 unspecified atom stereocenters. The average Bonchev–Trinajstić information content (AvgIpc) is 2.99. The third kappa shape index (κ3) is 2.43. The molecule has 2 rings (SSSR count). The lowest BCUT2D eigenvalue weighted by Crippen LogP contribution is -1.83. The van der Waals surface area contributed by atoms with Gasteiger partial charge in [-0.25, -0.2) is 0 Å². The van der Waals surface area contributed by atoms with Crippen LogP contribution in [-0.4, -0.2) is 12.7 Å². The summed E-state index contributed by atoms with van der Waals surface area (Å²) in [4.78, 5) is 0. The molecule has 0 N–H and O–H groups in total. The molecule has 13 heavy (non-hydrogen) atoms. The van der Waals surface area contributed by atoms with Gasteiger partial charge in [0.05, 0.1) is 12.7 Å². The van der Waals surface area contributed by atoms with E-state index in [2.05, 4.69) is 37.3 Å². The molecular formula is C12H14O. The van der Waals surface area contributed by atoms with Gasteiger partial charge in [-0.3, -0.25) is 0 Å². The minimum atomic E-state index is 0.499. The lowest BCUT2D eigenvalue weighted by Gasteiger charge is -1.99. The van der Waals surface area contributed by atoms with Gasteiger partial charge in [-0.2, -0.15) is 0 Å². The number of allylic oxidation sites excluding steroid dienone is 1. The molecule has 1 aliphatic rings. The fourth-order valence-electron chi connectivity index (χ4n) is 1.33.